The maximum Gasteiger partial charge on any atom is 0.431 e. The van der Waals surface area contributed by atoms with Crippen molar-refractivity contribution in [1.82, 2.24) is 0 Å². The van der Waals surface area contributed by atoms with E-state index in [-0.39, 0.29) is 18.0 Å². The molecule has 2 aromatic rings. The van der Waals surface area contributed by atoms with Gasteiger partial charge in [-0.2, -0.15) is 18.3 Å². The van der Waals surface area contributed by atoms with E-state index >= 15 is 0 Å². The molecule has 178 valence electrons. The van der Waals surface area contributed by atoms with Crippen molar-refractivity contribution >= 4 is 28.7 Å². The summed E-state index contributed by atoms with van der Waals surface area (Å²) >= 11 is 6.00. The first-order valence-corrected chi connectivity index (χ1v) is 11.5. The molecule has 1 fully saturated rings. The first kappa shape index (κ1) is 23.7. The molecular formula is C24H26ClF4N3O. The number of hydrogen-bond acceptors (Lipinski definition) is 4. The molecule has 0 spiro atoms. The average Bonchev–Trinajstić information content (AvgIpc) is 3.13. The lowest BCUT2D eigenvalue weighted by molar-refractivity contribution is -0.0620. The Morgan fingerprint density at radius 2 is 1.76 bits per heavy atom. The van der Waals surface area contributed by atoms with E-state index in [4.69, 9.17) is 16.3 Å². The van der Waals surface area contributed by atoms with Crippen LogP contribution in [0.15, 0.2) is 47.6 Å². The van der Waals surface area contributed by atoms with Crippen LogP contribution in [0.5, 0.6) is 5.75 Å². The predicted octanol–water partition coefficient (Wildman–Crippen LogP) is 6.68. The third-order valence-electron chi connectivity index (χ3n) is 6.34. The molecule has 0 aromatic heterocycles. The number of halogens is 5. The number of piperidine rings is 1. The molecule has 2 aliphatic heterocycles. The summed E-state index contributed by atoms with van der Waals surface area (Å²) in [6.45, 7) is 4.71. The van der Waals surface area contributed by atoms with Gasteiger partial charge in [0, 0.05) is 36.9 Å². The lowest BCUT2D eigenvalue weighted by Crippen LogP contribution is -2.38. The Labute approximate surface area is 195 Å². The van der Waals surface area contributed by atoms with Gasteiger partial charge in [0.05, 0.1) is 17.4 Å². The van der Waals surface area contributed by atoms with Crippen molar-refractivity contribution in [3.8, 4) is 5.75 Å². The van der Waals surface area contributed by atoms with Crippen molar-refractivity contribution < 1.29 is 22.3 Å². The zero-order chi connectivity index (χ0) is 23.8. The number of alkyl halides is 3. The van der Waals surface area contributed by atoms with Crippen molar-refractivity contribution in [3.63, 3.8) is 0 Å². The Kier molecular flexibility index (Phi) is 6.75. The second-order valence-electron chi connectivity index (χ2n) is 8.49. The van der Waals surface area contributed by atoms with Gasteiger partial charge in [0.15, 0.2) is 0 Å². The maximum atomic E-state index is 14.1. The second kappa shape index (κ2) is 9.41. The van der Waals surface area contributed by atoms with E-state index in [0.717, 1.165) is 0 Å². The van der Waals surface area contributed by atoms with Gasteiger partial charge in [-0.25, -0.2) is 4.39 Å². The summed E-state index contributed by atoms with van der Waals surface area (Å²) < 4.78 is 60.1. The van der Waals surface area contributed by atoms with Gasteiger partial charge < -0.3 is 9.64 Å². The lowest BCUT2D eigenvalue weighted by atomic mass is 9.95. The molecule has 1 unspecified atom stereocenters. The van der Waals surface area contributed by atoms with Gasteiger partial charge in [-0.3, -0.25) is 5.01 Å². The second-order valence-corrected chi connectivity index (χ2v) is 8.92. The van der Waals surface area contributed by atoms with Crippen LogP contribution in [-0.2, 0) is 0 Å². The molecule has 2 heterocycles. The number of hydrazone groups is 1. The van der Waals surface area contributed by atoms with Crippen molar-refractivity contribution in [2.24, 2.45) is 11.0 Å². The van der Waals surface area contributed by atoms with Gasteiger partial charge in [-0.1, -0.05) is 25.4 Å². The molecule has 1 saturated heterocycles. The van der Waals surface area contributed by atoms with Crippen molar-refractivity contribution in [1.29, 1.82) is 0 Å². The topological polar surface area (TPSA) is 28.1 Å². The van der Waals surface area contributed by atoms with Crippen LogP contribution in [0.25, 0.3) is 0 Å². The van der Waals surface area contributed by atoms with Crippen LogP contribution in [0.4, 0.5) is 28.9 Å². The summed E-state index contributed by atoms with van der Waals surface area (Å²) in [6, 6.07) is 11.2. The normalized spacial score (nSPS) is 22.0. The molecule has 2 aliphatic rings. The van der Waals surface area contributed by atoms with Gasteiger partial charge in [-0.15, -0.1) is 0 Å². The molecular weight excluding hydrogens is 458 g/mol. The summed E-state index contributed by atoms with van der Waals surface area (Å²) in [6.07, 6.45) is -2.48. The summed E-state index contributed by atoms with van der Waals surface area (Å²) in [5.74, 6) is -0.348. The van der Waals surface area contributed by atoms with E-state index in [1.165, 1.54) is 17.1 Å². The Morgan fingerprint density at radius 1 is 1.09 bits per heavy atom. The van der Waals surface area contributed by atoms with E-state index in [1.807, 2.05) is 11.8 Å². The molecule has 9 heteroatoms. The third-order valence-corrected chi connectivity index (χ3v) is 6.58. The standard InChI is InChI=1S/C24H26ClF4N3O/c1-3-21-15(2)23(24(27,28)29)30-32(21)17-5-7-18(8-6-17)33-19-10-12-31(13-11-19)22-14-16(25)4-9-20(22)26/h4-9,14-15,19,21H,3,10-13H2,1-2H3/t15?,21-/m0/s1. The number of rotatable bonds is 5. The Hall–Kier alpha value is -2.48. The number of ether oxygens (including phenoxy) is 1. The van der Waals surface area contributed by atoms with Crippen molar-refractivity contribution in [3.05, 3.63) is 53.3 Å². The monoisotopic (exact) mass is 483 g/mol. The number of nitrogens with zero attached hydrogens (tertiary/aromatic N) is 3. The molecule has 2 aromatic carbocycles. The number of anilines is 2. The number of hydrogen-bond donors (Lipinski definition) is 0. The molecule has 0 bridgehead atoms. The Morgan fingerprint density at radius 3 is 2.36 bits per heavy atom. The summed E-state index contributed by atoms with van der Waals surface area (Å²) in [5, 5.41) is 5.86. The first-order chi connectivity index (χ1) is 15.7. The van der Waals surface area contributed by atoms with Crippen LogP contribution in [0.3, 0.4) is 0 Å². The van der Waals surface area contributed by atoms with Crippen molar-refractivity contribution in [2.45, 2.75) is 51.4 Å². The molecule has 0 saturated carbocycles. The van der Waals surface area contributed by atoms with Gasteiger partial charge in [0.2, 0.25) is 0 Å². The summed E-state index contributed by atoms with van der Waals surface area (Å²) in [5.41, 5.74) is 0.360. The molecule has 4 nitrogen and oxygen atoms in total. The van der Waals surface area contributed by atoms with E-state index in [1.54, 1.807) is 37.3 Å². The minimum atomic E-state index is -4.44. The van der Waals surface area contributed by atoms with Crippen LogP contribution in [-0.4, -0.2) is 37.1 Å². The highest BCUT2D eigenvalue weighted by atomic mass is 35.5. The minimum Gasteiger partial charge on any atom is -0.490 e. The zero-order valence-electron chi connectivity index (χ0n) is 18.4. The largest absolute Gasteiger partial charge is 0.490 e. The molecule has 33 heavy (non-hydrogen) atoms. The number of benzene rings is 2. The Balaban J connectivity index is 1.39. The minimum absolute atomic E-state index is 0.0283. The van der Waals surface area contributed by atoms with E-state index in [2.05, 4.69) is 5.10 Å². The zero-order valence-corrected chi connectivity index (χ0v) is 19.2. The highest BCUT2D eigenvalue weighted by molar-refractivity contribution is 6.30. The highest BCUT2D eigenvalue weighted by Crippen LogP contribution is 2.37. The molecule has 4 rings (SSSR count). The van der Waals surface area contributed by atoms with Crippen LogP contribution in [0.2, 0.25) is 5.02 Å². The molecule has 0 amide bonds. The molecule has 0 radical (unpaired) electrons. The van der Waals surface area contributed by atoms with Crippen LogP contribution < -0.4 is 14.6 Å². The third kappa shape index (κ3) is 5.05. The fraction of sp³-hybridized carbons (Fsp3) is 0.458. The highest BCUT2D eigenvalue weighted by Gasteiger charge is 2.47. The van der Waals surface area contributed by atoms with E-state index < -0.39 is 17.8 Å². The summed E-state index contributed by atoms with van der Waals surface area (Å²) in [7, 11) is 0. The fourth-order valence-electron chi connectivity index (χ4n) is 4.58. The van der Waals surface area contributed by atoms with Gasteiger partial charge in [0.1, 0.15) is 23.4 Å². The summed E-state index contributed by atoms with van der Waals surface area (Å²) in [4.78, 5) is 1.96. The average molecular weight is 484 g/mol. The first-order valence-electron chi connectivity index (χ1n) is 11.1. The maximum absolute atomic E-state index is 14.1. The lowest BCUT2D eigenvalue weighted by Gasteiger charge is -2.34. The van der Waals surface area contributed by atoms with Crippen LogP contribution in [0.1, 0.15) is 33.1 Å². The smallest absolute Gasteiger partial charge is 0.431 e. The molecule has 0 aliphatic carbocycles. The predicted molar refractivity (Wildman–Crippen MR) is 123 cm³/mol. The van der Waals surface area contributed by atoms with Crippen LogP contribution >= 0.6 is 11.6 Å². The van der Waals surface area contributed by atoms with Crippen LogP contribution in [0, 0.1) is 11.7 Å². The molecule has 0 N–H and O–H groups in total. The van der Waals surface area contributed by atoms with E-state index in [0.29, 0.717) is 54.5 Å². The molecule has 2 atom stereocenters. The fourth-order valence-corrected chi connectivity index (χ4v) is 4.74. The van der Waals surface area contributed by atoms with Gasteiger partial charge in [-0.05, 0) is 48.9 Å². The van der Waals surface area contributed by atoms with Crippen molar-refractivity contribution in [2.75, 3.05) is 23.0 Å². The van der Waals surface area contributed by atoms with E-state index in [9.17, 15) is 17.6 Å². The van der Waals surface area contributed by atoms with Gasteiger partial charge in [0.25, 0.3) is 0 Å². The SMILES string of the molecule is CC[C@H]1C(C)C(C(F)(F)F)=NN1c1ccc(OC2CCN(c3cc(Cl)ccc3F)CC2)cc1. The quantitative estimate of drug-likeness (QED) is 0.444. The Bertz CT molecular complexity index is 1000. The van der Waals surface area contributed by atoms with Gasteiger partial charge >= 0.3 is 6.18 Å².